The zero-order valence-corrected chi connectivity index (χ0v) is 14.8. The molecule has 0 radical (unpaired) electrons. The van der Waals surface area contributed by atoms with Crippen LogP contribution in [0.3, 0.4) is 0 Å². The van der Waals surface area contributed by atoms with E-state index in [1.165, 1.54) is 6.21 Å². The van der Waals surface area contributed by atoms with Crippen molar-refractivity contribution in [2.24, 2.45) is 5.10 Å². The van der Waals surface area contributed by atoms with E-state index in [9.17, 15) is 4.79 Å². The van der Waals surface area contributed by atoms with E-state index in [2.05, 4.69) is 10.5 Å². The lowest BCUT2D eigenvalue weighted by atomic mass is 10.1. The van der Waals surface area contributed by atoms with Gasteiger partial charge in [-0.3, -0.25) is 4.79 Å². The molecule has 126 valence electrons. The van der Waals surface area contributed by atoms with Gasteiger partial charge in [-0.15, -0.1) is 0 Å². The summed E-state index contributed by atoms with van der Waals surface area (Å²) in [5, 5.41) is 4.86. The van der Waals surface area contributed by atoms with Crippen LogP contribution in [0.25, 0.3) is 11.3 Å². The van der Waals surface area contributed by atoms with E-state index < -0.39 is 0 Å². The van der Waals surface area contributed by atoms with Crippen molar-refractivity contribution < 1.29 is 9.21 Å². The number of benzene rings is 2. The Balaban J connectivity index is 1.67. The smallest absolute Gasteiger partial charge is 0.271 e. The molecular formula is C19H14Cl2N2O2. The van der Waals surface area contributed by atoms with Crippen molar-refractivity contribution in [2.45, 2.75) is 6.92 Å². The molecule has 0 spiro atoms. The summed E-state index contributed by atoms with van der Waals surface area (Å²) in [5.74, 6) is 0.854. The number of carbonyl (C=O) groups excluding carboxylic acids is 1. The maximum atomic E-state index is 12.0. The molecule has 0 saturated carbocycles. The first-order chi connectivity index (χ1) is 12.0. The molecule has 2 aromatic carbocycles. The van der Waals surface area contributed by atoms with Gasteiger partial charge in [0.1, 0.15) is 11.5 Å². The normalized spacial score (nSPS) is 11.0. The number of nitrogens with zero attached hydrogens (tertiary/aromatic N) is 1. The van der Waals surface area contributed by atoms with Gasteiger partial charge in [-0.2, -0.15) is 5.10 Å². The number of amides is 1. The minimum Gasteiger partial charge on any atom is -0.455 e. The van der Waals surface area contributed by atoms with Gasteiger partial charge in [-0.05, 0) is 49.4 Å². The fourth-order valence-electron chi connectivity index (χ4n) is 2.23. The van der Waals surface area contributed by atoms with E-state index in [0.717, 1.165) is 11.1 Å². The maximum absolute atomic E-state index is 12.0. The van der Waals surface area contributed by atoms with Crippen LogP contribution in [-0.4, -0.2) is 12.1 Å². The largest absolute Gasteiger partial charge is 0.455 e. The lowest BCUT2D eigenvalue weighted by molar-refractivity contribution is 0.0955. The van der Waals surface area contributed by atoms with Gasteiger partial charge < -0.3 is 4.42 Å². The molecule has 1 heterocycles. The number of rotatable bonds is 4. The van der Waals surface area contributed by atoms with E-state index in [1.54, 1.807) is 36.4 Å². The van der Waals surface area contributed by atoms with Gasteiger partial charge in [0, 0.05) is 11.1 Å². The average Bonchev–Trinajstić information content (AvgIpc) is 3.06. The summed E-state index contributed by atoms with van der Waals surface area (Å²) in [6, 6.07) is 16.1. The molecule has 6 heteroatoms. The highest BCUT2D eigenvalue weighted by atomic mass is 35.5. The number of nitrogens with one attached hydrogen (secondary N) is 1. The Bertz CT molecular complexity index is 948. The Morgan fingerprint density at radius 3 is 2.68 bits per heavy atom. The fourth-order valence-corrected chi connectivity index (χ4v) is 2.53. The first-order valence-electron chi connectivity index (χ1n) is 7.48. The first-order valence-corrected chi connectivity index (χ1v) is 8.24. The second-order valence-corrected chi connectivity index (χ2v) is 6.21. The quantitative estimate of drug-likeness (QED) is 0.497. The number of furan rings is 1. The molecule has 0 atom stereocenters. The second kappa shape index (κ2) is 7.55. The van der Waals surface area contributed by atoms with Crippen LogP contribution < -0.4 is 5.43 Å². The van der Waals surface area contributed by atoms with Gasteiger partial charge in [0.05, 0.1) is 16.3 Å². The van der Waals surface area contributed by atoms with E-state index in [0.29, 0.717) is 27.1 Å². The molecule has 1 aromatic heterocycles. The lowest BCUT2D eigenvalue weighted by Crippen LogP contribution is -2.17. The Labute approximate surface area is 155 Å². The minimum atomic E-state index is -0.281. The SMILES string of the molecule is Cc1cccc(C(=O)NN=Cc2ccc(-c3ccc(Cl)c(Cl)c3)o2)c1. The predicted octanol–water partition coefficient (Wildman–Crippen LogP) is 5.33. The third-order valence-corrected chi connectivity index (χ3v) is 4.21. The minimum absolute atomic E-state index is 0.281. The van der Waals surface area contributed by atoms with E-state index >= 15 is 0 Å². The van der Waals surface area contributed by atoms with Gasteiger partial charge in [0.15, 0.2) is 0 Å². The summed E-state index contributed by atoms with van der Waals surface area (Å²) in [4.78, 5) is 12.0. The van der Waals surface area contributed by atoms with Crippen LogP contribution >= 0.6 is 23.2 Å². The molecule has 25 heavy (non-hydrogen) atoms. The predicted molar refractivity (Wildman–Crippen MR) is 100 cm³/mol. The summed E-state index contributed by atoms with van der Waals surface area (Å²) in [6.45, 7) is 1.92. The lowest BCUT2D eigenvalue weighted by Gasteiger charge is -2.00. The molecule has 4 nitrogen and oxygen atoms in total. The van der Waals surface area contributed by atoms with Crippen molar-refractivity contribution >= 4 is 35.3 Å². The molecule has 0 unspecified atom stereocenters. The molecule has 0 aliphatic rings. The maximum Gasteiger partial charge on any atom is 0.271 e. The third-order valence-electron chi connectivity index (χ3n) is 3.47. The summed E-state index contributed by atoms with van der Waals surface area (Å²) in [6.07, 6.45) is 1.44. The summed E-state index contributed by atoms with van der Waals surface area (Å²) in [5.41, 5.74) is 4.83. The van der Waals surface area contributed by atoms with Crippen LogP contribution in [0.5, 0.6) is 0 Å². The van der Waals surface area contributed by atoms with Crippen molar-refractivity contribution in [3.63, 3.8) is 0 Å². The van der Waals surface area contributed by atoms with Gasteiger partial charge in [-0.25, -0.2) is 5.43 Å². The molecule has 3 aromatic rings. The second-order valence-electron chi connectivity index (χ2n) is 5.40. The fraction of sp³-hybridized carbons (Fsp3) is 0.0526. The van der Waals surface area contributed by atoms with Gasteiger partial charge in [-0.1, -0.05) is 40.9 Å². The zero-order valence-electron chi connectivity index (χ0n) is 13.3. The Morgan fingerprint density at radius 1 is 1.08 bits per heavy atom. The van der Waals surface area contributed by atoms with Gasteiger partial charge >= 0.3 is 0 Å². The number of hydrogen-bond acceptors (Lipinski definition) is 3. The van der Waals surface area contributed by atoms with E-state index in [1.807, 2.05) is 25.1 Å². The number of carbonyl (C=O) groups is 1. The molecule has 1 amide bonds. The molecule has 0 aliphatic carbocycles. The molecule has 0 fully saturated rings. The molecule has 0 aliphatic heterocycles. The number of hydrazone groups is 1. The first kappa shape index (κ1) is 17.3. The Hall–Kier alpha value is -2.56. The van der Waals surface area contributed by atoms with Crippen LogP contribution in [-0.2, 0) is 0 Å². The standard InChI is InChI=1S/C19H14Cl2N2O2/c1-12-3-2-4-14(9-12)19(24)23-22-11-15-6-8-18(25-15)13-5-7-16(20)17(21)10-13/h2-11H,1H3,(H,23,24). The number of halogens is 2. The Kier molecular flexibility index (Phi) is 5.22. The number of hydrogen-bond donors (Lipinski definition) is 1. The van der Waals surface area contributed by atoms with Crippen molar-refractivity contribution in [2.75, 3.05) is 0 Å². The molecular weight excluding hydrogens is 359 g/mol. The van der Waals surface area contributed by atoms with Crippen LogP contribution in [0.4, 0.5) is 0 Å². The summed E-state index contributed by atoms with van der Waals surface area (Å²) in [7, 11) is 0. The summed E-state index contributed by atoms with van der Waals surface area (Å²) < 4.78 is 5.67. The highest BCUT2D eigenvalue weighted by molar-refractivity contribution is 6.42. The molecule has 1 N–H and O–H groups in total. The highest BCUT2D eigenvalue weighted by Gasteiger charge is 2.07. The molecule has 3 rings (SSSR count). The van der Waals surface area contributed by atoms with Crippen molar-refractivity contribution in [1.82, 2.24) is 5.43 Å². The highest BCUT2D eigenvalue weighted by Crippen LogP contribution is 2.29. The topological polar surface area (TPSA) is 54.6 Å². The van der Waals surface area contributed by atoms with Crippen molar-refractivity contribution in [3.8, 4) is 11.3 Å². The van der Waals surface area contributed by atoms with Crippen LogP contribution in [0.2, 0.25) is 10.0 Å². The van der Waals surface area contributed by atoms with Crippen LogP contribution in [0, 0.1) is 6.92 Å². The van der Waals surface area contributed by atoms with Gasteiger partial charge in [0.2, 0.25) is 0 Å². The van der Waals surface area contributed by atoms with E-state index in [-0.39, 0.29) is 5.91 Å². The average molecular weight is 373 g/mol. The van der Waals surface area contributed by atoms with Crippen LogP contribution in [0.1, 0.15) is 21.7 Å². The van der Waals surface area contributed by atoms with Crippen molar-refractivity contribution in [1.29, 1.82) is 0 Å². The van der Waals surface area contributed by atoms with E-state index in [4.69, 9.17) is 27.6 Å². The molecule has 0 saturated heterocycles. The van der Waals surface area contributed by atoms with Crippen molar-refractivity contribution in [3.05, 3.63) is 81.5 Å². The number of aryl methyl sites for hydroxylation is 1. The monoisotopic (exact) mass is 372 g/mol. The zero-order chi connectivity index (χ0) is 17.8. The summed E-state index contributed by atoms with van der Waals surface area (Å²) >= 11 is 11.9. The van der Waals surface area contributed by atoms with Crippen LogP contribution in [0.15, 0.2) is 64.1 Å². The third kappa shape index (κ3) is 4.29. The Morgan fingerprint density at radius 2 is 1.92 bits per heavy atom. The van der Waals surface area contributed by atoms with Gasteiger partial charge in [0.25, 0.3) is 5.91 Å². The molecule has 0 bridgehead atoms.